The fourth-order valence-electron chi connectivity index (χ4n) is 2.09. The van der Waals surface area contributed by atoms with Crippen LogP contribution in [-0.2, 0) is 0 Å². The van der Waals surface area contributed by atoms with Crippen molar-refractivity contribution >= 4 is 39.1 Å². The number of hydrogen-bond acceptors (Lipinski definition) is 4. The molecule has 1 aromatic carbocycles. The molecule has 0 unspecified atom stereocenters. The van der Waals surface area contributed by atoms with Crippen molar-refractivity contribution in [3.05, 3.63) is 58.3 Å². The van der Waals surface area contributed by atoms with Crippen LogP contribution < -0.4 is 0 Å². The van der Waals surface area contributed by atoms with Crippen LogP contribution in [0.25, 0.3) is 5.65 Å². The van der Waals surface area contributed by atoms with E-state index < -0.39 is 5.97 Å². The highest BCUT2D eigenvalue weighted by atomic mass is 79.9. The van der Waals surface area contributed by atoms with E-state index in [0.29, 0.717) is 16.0 Å². The van der Waals surface area contributed by atoms with Crippen LogP contribution in [-0.4, -0.2) is 20.5 Å². The minimum Gasteiger partial charge on any atom is -0.478 e. The van der Waals surface area contributed by atoms with Crippen molar-refractivity contribution in [2.45, 2.75) is 6.92 Å². The SMILES string of the molecule is Cc1nc2ccccn2c1N=Nc1ccc(Br)cc1C(=O)O. The summed E-state index contributed by atoms with van der Waals surface area (Å²) in [6.07, 6.45) is 1.84. The van der Waals surface area contributed by atoms with Crippen molar-refractivity contribution in [2.75, 3.05) is 0 Å². The number of nitrogens with zero attached hydrogens (tertiary/aromatic N) is 4. The molecule has 0 bridgehead atoms. The normalized spacial score (nSPS) is 11.4. The van der Waals surface area contributed by atoms with E-state index in [9.17, 15) is 9.90 Å². The Bertz CT molecular complexity index is 902. The van der Waals surface area contributed by atoms with Crippen LogP contribution >= 0.6 is 15.9 Å². The number of hydrogen-bond donors (Lipinski definition) is 1. The minimum absolute atomic E-state index is 0.0876. The summed E-state index contributed by atoms with van der Waals surface area (Å²) in [4.78, 5) is 15.7. The summed E-state index contributed by atoms with van der Waals surface area (Å²) in [5.41, 5.74) is 1.87. The molecule has 110 valence electrons. The van der Waals surface area contributed by atoms with Crippen LogP contribution in [0.2, 0.25) is 0 Å². The quantitative estimate of drug-likeness (QED) is 0.699. The standard InChI is InChI=1S/C15H11BrN4O2/c1-9-14(20-7-3-2-4-13(20)17-9)19-18-12-6-5-10(16)8-11(12)15(21)22/h2-8H,1H3,(H,21,22). The number of aromatic carboxylic acids is 1. The fourth-order valence-corrected chi connectivity index (χ4v) is 2.45. The van der Waals surface area contributed by atoms with Crippen molar-refractivity contribution in [3.63, 3.8) is 0 Å². The molecule has 6 nitrogen and oxygen atoms in total. The van der Waals surface area contributed by atoms with Crippen molar-refractivity contribution in [2.24, 2.45) is 10.2 Å². The molecule has 22 heavy (non-hydrogen) atoms. The predicted octanol–water partition coefficient (Wildman–Crippen LogP) is 4.52. The molecule has 7 heteroatoms. The molecule has 2 aromatic heterocycles. The summed E-state index contributed by atoms with van der Waals surface area (Å²) in [7, 11) is 0. The highest BCUT2D eigenvalue weighted by Gasteiger charge is 2.11. The summed E-state index contributed by atoms with van der Waals surface area (Å²) >= 11 is 3.25. The molecule has 0 fully saturated rings. The van der Waals surface area contributed by atoms with E-state index in [0.717, 1.165) is 11.3 Å². The molecular formula is C15H11BrN4O2. The van der Waals surface area contributed by atoms with Gasteiger partial charge in [0.15, 0.2) is 5.82 Å². The molecule has 0 atom stereocenters. The molecule has 0 saturated carbocycles. The third-order valence-corrected chi connectivity index (χ3v) is 3.61. The first-order valence-corrected chi connectivity index (χ1v) is 7.24. The molecule has 0 spiro atoms. The maximum Gasteiger partial charge on any atom is 0.338 e. The zero-order valence-electron chi connectivity index (χ0n) is 11.6. The number of azo groups is 1. The van der Waals surface area contributed by atoms with Crippen molar-refractivity contribution < 1.29 is 9.90 Å². The topological polar surface area (TPSA) is 79.3 Å². The molecule has 2 heterocycles. The Balaban J connectivity index is 2.07. The lowest BCUT2D eigenvalue weighted by Crippen LogP contribution is -1.96. The number of carboxylic acid groups (broad SMARTS) is 1. The summed E-state index contributed by atoms with van der Waals surface area (Å²) in [6, 6.07) is 10.5. The maximum atomic E-state index is 11.3. The van der Waals surface area contributed by atoms with Crippen molar-refractivity contribution in [1.82, 2.24) is 9.38 Å². The number of carbonyl (C=O) groups is 1. The third kappa shape index (κ3) is 2.62. The summed E-state index contributed by atoms with van der Waals surface area (Å²) in [5.74, 6) is -0.472. The number of pyridine rings is 1. The Morgan fingerprint density at radius 1 is 1.27 bits per heavy atom. The highest BCUT2D eigenvalue weighted by molar-refractivity contribution is 9.10. The maximum absolute atomic E-state index is 11.3. The summed E-state index contributed by atoms with van der Waals surface area (Å²) in [5, 5.41) is 17.5. The smallest absolute Gasteiger partial charge is 0.338 e. The van der Waals surface area contributed by atoms with Gasteiger partial charge < -0.3 is 5.11 Å². The van der Waals surface area contributed by atoms with Gasteiger partial charge in [-0.1, -0.05) is 22.0 Å². The number of carboxylic acids is 1. The summed E-state index contributed by atoms with van der Waals surface area (Å²) < 4.78 is 2.48. The van der Waals surface area contributed by atoms with E-state index in [1.165, 1.54) is 6.07 Å². The Kier molecular flexibility index (Phi) is 3.72. The van der Waals surface area contributed by atoms with Crippen molar-refractivity contribution in [1.29, 1.82) is 0 Å². The zero-order chi connectivity index (χ0) is 15.7. The number of halogens is 1. The number of benzene rings is 1. The first-order chi connectivity index (χ1) is 10.6. The molecule has 1 N–H and O–H groups in total. The van der Waals surface area contributed by atoms with Gasteiger partial charge in [-0.15, -0.1) is 10.2 Å². The van der Waals surface area contributed by atoms with Gasteiger partial charge in [-0.05, 0) is 37.3 Å². The minimum atomic E-state index is -1.05. The van der Waals surface area contributed by atoms with Gasteiger partial charge in [0.05, 0.1) is 11.3 Å². The lowest BCUT2D eigenvalue weighted by Gasteiger charge is -2.01. The lowest BCUT2D eigenvalue weighted by molar-refractivity contribution is 0.0697. The van der Waals surface area contributed by atoms with Gasteiger partial charge in [-0.3, -0.25) is 4.40 Å². The fraction of sp³-hybridized carbons (Fsp3) is 0.0667. The van der Waals surface area contributed by atoms with Gasteiger partial charge in [0, 0.05) is 10.7 Å². The van der Waals surface area contributed by atoms with E-state index >= 15 is 0 Å². The Hall–Kier alpha value is -2.54. The van der Waals surface area contributed by atoms with Crippen molar-refractivity contribution in [3.8, 4) is 0 Å². The molecule has 0 saturated heterocycles. The van der Waals surface area contributed by atoms with Gasteiger partial charge in [0.25, 0.3) is 0 Å². The molecule has 3 rings (SSSR count). The van der Waals surface area contributed by atoms with E-state index in [2.05, 4.69) is 31.1 Å². The molecule has 0 aliphatic carbocycles. The molecule has 3 aromatic rings. The molecule has 0 radical (unpaired) electrons. The van der Waals surface area contributed by atoms with Crippen LogP contribution in [0.3, 0.4) is 0 Å². The van der Waals surface area contributed by atoms with Gasteiger partial charge in [0.2, 0.25) is 0 Å². The second-order valence-electron chi connectivity index (χ2n) is 4.62. The van der Waals surface area contributed by atoms with Crippen LogP contribution in [0, 0.1) is 6.92 Å². The van der Waals surface area contributed by atoms with Gasteiger partial charge in [-0.25, -0.2) is 9.78 Å². The zero-order valence-corrected chi connectivity index (χ0v) is 13.1. The molecular weight excluding hydrogens is 348 g/mol. The van der Waals surface area contributed by atoms with E-state index in [1.807, 2.05) is 31.3 Å². The number of imidazole rings is 1. The first kappa shape index (κ1) is 14.4. The van der Waals surface area contributed by atoms with Crippen LogP contribution in [0.15, 0.2) is 57.3 Å². The van der Waals surface area contributed by atoms with Gasteiger partial charge >= 0.3 is 5.97 Å². The van der Waals surface area contributed by atoms with Crippen LogP contribution in [0.1, 0.15) is 16.1 Å². The summed E-state index contributed by atoms with van der Waals surface area (Å²) in [6.45, 7) is 1.83. The number of aromatic nitrogens is 2. The number of fused-ring (bicyclic) bond motifs is 1. The Morgan fingerprint density at radius 3 is 2.86 bits per heavy atom. The van der Waals surface area contributed by atoms with E-state index in [-0.39, 0.29) is 5.56 Å². The van der Waals surface area contributed by atoms with E-state index in [1.54, 1.807) is 16.5 Å². The number of aryl methyl sites for hydroxylation is 1. The van der Waals surface area contributed by atoms with Gasteiger partial charge in [0.1, 0.15) is 11.3 Å². The average molecular weight is 359 g/mol. The third-order valence-electron chi connectivity index (χ3n) is 3.11. The molecule has 0 aliphatic rings. The highest BCUT2D eigenvalue weighted by Crippen LogP contribution is 2.27. The average Bonchev–Trinajstić information content (AvgIpc) is 2.81. The van der Waals surface area contributed by atoms with Crippen LogP contribution in [0.4, 0.5) is 11.5 Å². The molecule has 0 amide bonds. The Labute approximate surface area is 134 Å². The predicted molar refractivity (Wildman–Crippen MR) is 85.2 cm³/mol. The largest absolute Gasteiger partial charge is 0.478 e. The molecule has 0 aliphatic heterocycles. The van der Waals surface area contributed by atoms with Crippen LogP contribution in [0.5, 0.6) is 0 Å². The second-order valence-corrected chi connectivity index (χ2v) is 5.53. The second kappa shape index (κ2) is 5.69. The van der Waals surface area contributed by atoms with E-state index in [4.69, 9.17) is 0 Å². The van der Waals surface area contributed by atoms with Gasteiger partial charge in [-0.2, -0.15) is 0 Å². The monoisotopic (exact) mass is 358 g/mol. The first-order valence-electron chi connectivity index (χ1n) is 6.44. The number of rotatable bonds is 3. The Morgan fingerprint density at radius 2 is 2.09 bits per heavy atom. The lowest BCUT2D eigenvalue weighted by atomic mass is 10.2.